The predicted octanol–water partition coefficient (Wildman–Crippen LogP) is 2.85. The smallest absolute Gasteiger partial charge is 0.227 e. The number of hydrogen-bond donors (Lipinski definition) is 1. The first kappa shape index (κ1) is 14.6. The molecule has 6 nitrogen and oxygen atoms in total. The van der Waals surface area contributed by atoms with Crippen molar-refractivity contribution in [1.29, 1.82) is 5.26 Å². The van der Waals surface area contributed by atoms with E-state index >= 15 is 0 Å². The van der Waals surface area contributed by atoms with E-state index < -0.39 is 0 Å². The fourth-order valence-electron chi connectivity index (χ4n) is 1.94. The summed E-state index contributed by atoms with van der Waals surface area (Å²) in [6.45, 7) is 3.96. The molecule has 0 saturated heterocycles. The van der Waals surface area contributed by atoms with Gasteiger partial charge in [-0.1, -0.05) is 13.8 Å². The fourth-order valence-corrected chi connectivity index (χ4v) is 1.94. The van der Waals surface area contributed by atoms with Crippen molar-refractivity contribution in [2.75, 3.05) is 12.8 Å². The number of nitriles is 1. The van der Waals surface area contributed by atoms with E-state index in [1.54, 1.807) is 18.2 Å². The van der Waals surface area contributed by atoms with Crippen molar-refractivity contribution in [3.05, 3.63) is 35.7 Å². The van der Waals surface area contributed by atoms with Gasteiger partial charge in [0.25, 0.3) is 0 Å². The molecule has 0 radical (unpaired) electrons. The first-order chi connectivity index (χ1) is 10.0. The molecular formula is C15H16N4O2. The third kappa shape index (κ3) is 3.20. The SMILES string of the molecule is COc1cc(C#N)cc(Oc2ncnc(N)c2C(C)C)c1. The van der Waals surface area contributed by atoms with Gasteiger partial charge in [-0.05, 0) is 18.1 Å². The predicted molar refractivity (Wildman–Crippen MR) is 78.3 cm³/mol. The van der Waals surface area contributed by atoms with E-state index in [9.17, 15) is 0 Å². The standard InChI is InChI=1S/C15H16N4O2/c1-9(2)13-14(17)18-8-19-15(13)21-12-5-10(7-16)4-11(6-12)20-3/h4-6,8-9H,1-3H3,(H2,17,18,19). The Morgan fingerprint density at radius 2 is 1.90 bits per heavy atom. The van der Waals surface area contributed by atoms with Gasteiger partial charge in [-0.2, -0.15) is 5.26 Å². The van der Waals surface area contributed by atoms with E-state index in [0.717, 1.165) is 5.56 Å². The summed E-state index contributed by atoms with van der Waals surface area (Å²) in [6.07, 6.45) is 1.35. The Kier molecular flexibility index (Phi) is 4.24. The van der Waals surface area contributed by atoms with Crippen LogP contribution < -0.4 is 15.2 Å². The molecule has 0 aliphatic rings. The number of hydrogen-bond acceptors (Lipinski definition) is 6. The molecule has 108 valence electrons. The number of aromatic nitrogens is 2. The molecule has 0 fully saturated rings. The van der Waals surface area contributed by atoms with Crippen LogP contribution in [0.1, 0.15) is 30.9 Å². The van der Waals surface area contributed by atoms with Crippen molar-refractivity contribution >= 4 is 5.82 Å². The average Bonchev–Trinajstić information content (AvgIpc) is 2.46. The van der Waals surface area contributed by atoms with Crippen molar-refractivity contribution in [2.24, 2.45) is 0 Å². The first-order valence-electron chi connectivity index (χ1n) is 6.42. The van der Waals surface area contributed by atoms with Gasteiger partial charge in [0.2, 0.25) is 5.88 Å². The molecule has 1 heterocycles. The molecule has 0 amide bonds. The van der Waals surface area contributed by atoms with E-state index in [0.29, 0.717) is 28.8 Å². The maximum absolute atomic E-state index is 9.03. The van der Waals surface area contributed by atoms with Crippen molar-refractivity contribution in [3.8, 4) is 23.4 Å². The Labute approximate surface area is 123 Å². The summed E-state index contributed by atoms with van der Waals surface area (Å²) in [7, 11) is 1.53. The molecule has 1 aromatic carbocycles. The maximum atomic E-state index is 9.03. The lowest BCUT2D eigenvalue weighted by Crippen LogP contribution is -2.04. The van der Waals surface area contributed by atoms with E-state index in [-0.39, 0.29) is 5.92 Å². The Bertz CT molecular complexity index is 693. The van der Waals surface area contributed by atoms with Crippen LogP contribution in [0.4, 0.5) is 5.82 Å². The molecule has 0 spiro atoms. The quantitative estimate of drug-likeness (QED) is 0.927. The van der Waals surface area contributed by atoms with Crippen LogP contribution in [0, 0.1) is 11.3 Å². The minimum Gasteiger partial charge on any atom is -0.497 e. The zero-order valence-electron chi connectivity index (χ0n) is 12.1. The maximum Gasteiger partial charge on any atom is 0.227 e. The van der Waals surface area contributed by atoms with Crippen molar-refractivity contribution in [1.82, 2.24) is 9.97 Å². The third-order valence-electron chi connectivity index (χ3n) is 2.91. The summed E-state index contributed by atoms with van der Waals surface area (Å²) in [5.74, 6) is 1.89. The van der Waals surface area contributed by atoms with Crippen LogP contribution in [0.15, 0.2) is 24.5 Å². The molecule has 0 aliphatic heterocycles. The first-order valence-corrected chi connectivity index (χ1v) is 6.42. The normalized spacial score (nSPS) is 10.2. The average molecular weight is 284 g/mol. The minimum atomic E-state index is 0.113. The summed E-state index contributed by atoms with van der Waals surface area (Å²) in [5.41, 5.74) is 7.06. The van der Waals surface area contributed by atoms with Gasteiger partial charge in [0.15, 0.2) is 0 Å². The molecule has 2 N–H and O–H groups in total. The van der Waals surface area contributed by atoms with Gasteiger partial charge in [-0.15, -0.1) is 0 Å². The highest BCUT2D eigenvalue weighted by Crippen LogP contribution is 2.33. The number of rotatable bonds is 4. The molecular weight excluding hydrogens is 268 g/mol. The zero-order valence-corrected chi connectivity index (χ0v) is 12.1. The Balaban J connectivity index is 2.43. The monoisotopic (exact) mass is 284 g/mol. The second-order valence-electron chi connectivity index (χ2n) is 4.74. The molecule has 0 saturated carbocycles. The molecule has 0 atom stereocenters. The second kappa shape index (κ2) is 6.09. The number of nitrogens with zero attached hydrogens (tertiary/aromatic N) is 3. The summed E-state index contributed by atoms with van der Waals surface area (Å²) in [4.78, 5) is 8.11. The molecule has 1 aromatic heterocycles. The lowest BCUT2D eigenvalue weighted by Gasteiger charge is -2.14. The van der Waals surface area contributed by atoms with Crippen LogP contribution in [0.3, 0.4) is 0 Å². The Morgan fingerprint density at radius 3 is 2.52 bits per heavy atom. The van der Waals surface area contributed by atoms with Crippen molar-refractivity contribution < 1.29 is 9.47 Å². The van der Waals surface area contributed by atoms with E-state index in [1.165, 1.54) is 13.4 Å². The van der Waals surface area contributed by atoms with E-state index in [2.05, 4.69) is 16.0 Å². The topological polar surface area (TPSA) is 94.0 Å². The van der Waals surface area contributed by atoms with Gasteiger partial charge in [0, 0.05) is 6.07 Å². The van der Waals surface area contributed by atoms with Crippen LogP contribution in [-0.4, -0.2) is 17.1 Å². The summed E-state index contributed by atoms with van der Waals surface area (Å²) >= 11 is 0. The third-order valence-corrected chi connectivity index (χ3v) is 2.91. The Morgan fingerprint density at radius 1 is 1.19 bits per heavy atom. The number of ether oxygens (including phenoxy) is 2. The fraction of sp³-hybridized carbons (Fsp3) is 0.267. The Hall–Kier alpha value is -2.81. The molecule has 0 aliphatic carbocycles. The van der Waals surface area contributed by atoms with Gasteiger partial charge in [0.05, 0.1) is 24.3 Å². The number of benzene rings is 1. The van der Waals surface area contributed by atoms with Crippen molar-refractivity contribution in [2.45, 2.75) is 19.8 Å². The van der Waals surface area contributed by atoms with Crippen LogP contribution in [0.25, 0.3) is 0 Å². The van der Waals surface area contributed by atoms with Gasteiger partial charge >= 0.3 is 0 Å². The number of nitrogens with two attached hydrogens (primary N) is 1. The highest BCUT2D eigenvalue weighted by Gasteiger charge is 2.15. The number of anilines is 1. The van der Waals surface area contributed by atoms with Gasteiger partial charge in [0.1, 0.15) is 23.6 Å². The van der Waals surface area contributed by atoms with Gasteiger partial charge in [-0.25, -0.2) is 9.97 Å². The number of methoxy groups -OCH3 is 1. The molecule has 21 heavy (non-hydrogen) atoms. The lowest BCUT2D eigenvalue weighted by molar-refractivity contribution is 0.406. The minimum absolute atomic E-state index is 0.113. The largest absolute Gasteiger partial charge is 0.497 e. The van der Waals surface area contributed by atoms with Crippen LogP contribution in [0.2, 0.25) is 0 Å². The van der Waals surface area contributed by atoms with E-state index in [4.69, 9.17) is 20.5 Å². The molecule has 6 heteroatoms. The summed E-state index contributed by atoms with van der Waals surface area (Å²) in [5, 5.41) is 9.03. The van der Waals surface area contributed by atoms with E-state index in [1.807, 2.05) is 13.8 Å². The van der Waals surface area contributed by atoms with Gasteiger partial charge < -0.3 is 15.2 Å². The summed E-state index contributed by atoms with van der Waals surface area (Å²) in [6, 6.07) is 6.99. The highest BCUT2D eigenvalue weighted by atomic mass is 16.5. The molecule has 2 aromatic rings. The van der Waals surface area contributed by atoms with Crippen LogP contribution in [-0.2, 0) is 0 Å². The lowest BCUT2D eigenvalue weighted by atomic mass is 10.1. The molecule has 0 bridgehead atoms. The summed E-state index contributed by atoms with van der Waals surface area (Å²) < 4.78 is 10.9. The van der Waals surface area contributed by atoms with Crippen molar-refractivity contribution in [3.63, 3.8) is 0 Å². The van der Waals surface area contributed by atoms with Crippen LogP contribution in [0.5, 0.6) is 17.4 Å². The molecule has 2 rings (SSSR count). The zero-order chi connectivity index (χ0) is 15.4. The van der Waals surface area contributed by atoms with Crippen LogP contribution >= 0.6 is 0 Å². The molecule has 0 unspecified atom stereocenters. The van der Waals surface area contributed by atoms with Gasteiger partial charge in [-0.3, -0.25) is 0 Å². The highest BCUT2D eigenvalue weighted by molar-refractivity contribution is 5.50. The second-order valence-corrected chi connectivity index (χ2v) is 4.74. The number of nitrogen functional groups attached to an aromatic ring is 1.